The van der Waals surface area contributed by atoms with Gasteiger partial charge in [-0.2, -0.15) is 0 Å². The number of allylic oxidation sites excluding steroid dienone is 1. The minimum absolute atomic E-state index is 0.210. The summed E-state index contributed by atoms with van der Waals surface area (Å²) < 4.78 is 0. The third-order valence-corrected chi connectivity index (χ3v) is 4.80. The summed E-state index contributed by atoms with van der Waals surface area (Å²) in [7, 11) is 0. The van der Waals surface area contributed by atoms with Gasteiger partial charge < -0.3 is 5.11 Å². The maximum Gasteiger partial charge on any atom is 0.155 e. The molecule has 2 nitrogen and oxygen atoms in total. The van der Waals surface area contributed by atoms with E-state index in [0.717, 1.165) is 31.3 Å². The Bertz CT molecular complexity index is 340. The number of hydrogen-bond acceptors (Lipinski definition) is 2. The predicted molar refractivity (Wildman–Crippen MR) is 62.0 cm³/mol. The van der Waals surface area contributed by atoms with Gasteiger partial charge in [-0.1, -0.05) is 12.8 Å². The lowest BCUT2D eigenvalue weighted by atomic mass is 9.55. The molecule has 3 aliphatic rings. The van der Waals surface area contributed by atoms with Crippen LogP contribution in [0.25, 0.3) is 0 Å². The summed E-state index contributed by atoms with van der Waals surface area (Å²) >= 11 is 0. The Morgan fingerprint density at radius 1 is 1.06 bits per heavy atom. The molecule has 1 N–H and O–H groups in total. The number of ketones is 1. The van der Waals surface area contributed by atoms with Crippen LogP contribution in [0.5, 0.6) is 0 Å². The molecule has 0 bridgehead atoms. The Labute approximate surface area is 96.7 Å². The molecular formula is C14H20O2. The molecule has 0 unspecified atom stereocenters. The Balaban J connectivity index is 1.74. The second-order valence-electron chi connectivity index (χ2n) is 6.08. The molecule has 0 saturated heterocycles. The van der Waals surface area contributed by atoms with E-state index in [1.54, 1.807) is 6.08 Å². The zero-order valence-corrected chi connectivity index (χ0v) is 9.80. The van der Waals surface area contributed by atoms with E-state index in [0.29, 0.717) is 11.8 Å². The van der Waals surface area contributed by atoms with Crippen LogP contribution in [0.1, 0.15) is 57.8 Å². The van der Waals surface area contributed by atoms with Crippen LogP contribution in [0.2, 0.25) is 0 Å². The first-order valence-electron chi connectivity index (χ1n) is 6.58. The molecule has 0 aliphatic heterocycles. The van der Waals surface area contributed by atoms with Crippen LogP contribution in [-0.4, -0.2) is 16.5 Å². The van der Waals surface area contributed by atoms with Crippen LogP contribution in [0.3, 0.4) is 0 Å². The summed E-state index contributed by atoms with van der Waals surface area (Å²) in [6, 6.07) is 0. The van der Waals surface area contributed by atoms with Crippen molar-refractivity contribution in [3.63, 3.8) is 0 Å². The second-order valence-corrected chi connectivity index (χ2v) is 6.08. The van der Waals surface area contributed by atoms with Crippen LogP contribution >= 0.6 is 0 Å². The van der Waals surface area contributed by atoms with E-state index in [-0.39, 0.29) is 5.78 Å². The van der Waals surface area contributed by atoms with Crippen molar-refractivity contribution in [1.29, 1.82) is 0 Å². The third-order valence-electron chi connectivity index (χ3n) is 4.80. The lowest BCUT2D eigenvalue weighted by Gasteiger charge is -2.53. The topological polar surface area (TPSA) is 37.3 Å². The van der Waals surface area contributed by atoms with E-state index < -0.39 is 5.60 Å². The van der Waals surface area contributed by atoms with Gasteiger partial charge in [-0.15, -0.1) is 0 Å². The largest absolute Gasteiger partial charge is 0.385 e. The van der Waals surface area contributed by atoms with Gasteiger partial charge in [0.2, 0.25) is 0 Å². The molecule has 3 aliphatic carbocycles. The van der Waals surface area contributed by atoms with Crippen molar-refractivity contribution in [1.82, 2.24) is 0 Å². The number of carbonyl (C=O) groups excluding carboxylic acids is 1. The van der Waals surface area contributed by atoms with Crippen LogP contribution in [0, 0.1) is 5.41 Å². The summed E-state index contributed by atoms with van der Waals surface area (Å²) in [5.41, 5.74) is 0.859. The first kappa shape index (κ1) is 10.5. The molecule has 3 rings (SSSR count). The molecule has 0 atom stereocenters. The molecule has 0 amide bonds. The van der Waals surface area contributed by atoms with Gasteiger partial charge in [0.1, 0.15) is 0 Å². The van der Waals surface area contributed by atoms with Crippen molar-refractivity contribution in [3.8, 4) is 0 Å². The third kappa shape index (κ3) is 1.55. The predicted octanol–water partition coefficient (Wildman–Crippen LogP) is 2.75. The molecule has 0 aromatic rings. The highest BCUT2D eigenvalue weighted by Crippen LogP contribution is 2.60. The fourth-order valence-electron chi connectivity index (χ4n) is 4.05. The summed E-state index contributed by atoms with van der Waals surface area (Å²) in [5.74, 6) is 0.210. The van der Waals surface area contributed by atoms with Gasteiger partial charge in [0.25, 0.3) is 0 Å². The fraction of sp³-hybridized carbons (Fsp3) is 0.786. The normalized spacial score (nSPS) is 31.3. The SMILES string of the molecule is O=C1C=C(C2(O)CC3(CCCC3)C2)CCC1. The average Bonchev–Trinajstić information content (AvgIpc) is 2.66. The van der Waals surface area contributed by atoms with E-state index in [9.17, 15) is 9.90 Å². The zero-order chi connectivity index (χ0) is 11.2. The molecule has 2 saturated carbocycles. The molecule has 0 aromatic carbocycles. The monoisotopic (exact) mass is 220 g/mol. The zero-order valence-electron chi connectivity index (χ0n) is 9.80. The smallest absolute Gasteiger partial charge is 0.155 e. The molecule has 16 heavy (non-hydrogen) atoms. The Hall–Kier alpha value is -0.630. The number of hydrogen-bond donors (Lipinski definition) is 1. The van der Waals surface area contributed by atoms with Gasteiger partial charge in [-0.05, 0) is 55.6 Å². The van der Waals surface area contributed by atoms with Crippen LogP contribution in [0.15, 0.2) is 11.6 Å². The average molecular weight is 220 g/mol. The molecule has 0 radical (unpaired) electrons. The van der Waals surface area contributed by atoms with Crippen LogP contribution < -0.4 is 0 Å². The van der Waals surface area contributed by atoms with E-state index in [1.165, 1.54) is 25.7 Å². The molecule has 0 heterocycles. The Morgan fingerprint density at radius 2 is 1.75 bits per heavy atom. The van der Waals surface area contributed by atoms with Crippen molar-refractivity contribution >= 4 is 5.78 Å². The van der Waals surface area contributed by atoms with E-state index >= 15 is 0 Å². The fourth-order valence-corrected chi connectivity index (χ4v) is 4.05. The van der Waals surface area contributed by atoms with Gasteiger partial charge >= 0.3 is 0 Å². The molecule has 1 spiro atoms. The summed E-state index contributed by atoms with van der Waals surface area (Å²) in [6.45, 7) is 0. The van der Waals surface area contributed by atoms with Gasteiger partial charge in [0, 0.05) is 6.42 Å². The lowest BCUT2D eigenvalue weighted by molar-refractivity contribution is -0.118. The van der Waals surface area contributed by atoms with Gasteiger partial charge in [-0.25, -0.2) is 0 Å². The maximum absolute atomic E-state index is 11.4. The summed E-state index contributed by atoms with van der Waals surface area (Å²) in [5, 5.41) is 10.6. The standard InChI is InChI=1S/C14H20O2/c15-12-5-3-4-11(8-12)14(16)9-13(10-14)6-1-2-7-13/h8,16H,1-7,9-10H2. The summed E-state index contributed by atoms with van der Waals surface area (Å²) in [4.78, 5) is 11.4. The van der Waals surface area contributed by atoms with Crippen LogP contribution in [0.4, 0.5) is 0 Å². The van der Waals surface area contributed by atoms with Crippen LogP contribution in [-0.2, 0) is 4.79 Å². The highest BCUT2D eigenvalue weighted by atomic mass is 16.3. The lowest BCUT2D eigenvalue weighted by Crippen LogP contribution is -2.52. The van der Waals surface area contributed by atoms with Crippen molar-refractivity contribution in [2.75, 3.05) is 0 Å². The van der Waals surface area contributed by atoms with Crippen molar-refractivity contribution in [2.24, 2.45) is 5.41 Å². The number of carbonyl (C=O) groups is 1. The van der Waals surface area contributed by atoms with Crippen molar-refractivity contribution in [3.05, 3.63) is 11.6 Å². The minimum Gasteiger partial charge on any atom is -0.385 e. The highest BCUT2D eigenvalue weighted by Gasteiger charge is 2.55. The number of rotatable bonds is 1. The molecule has 2 fully saturated rings. The number of aliphatic hydroxyl groups is 1. The molecule has 2 heteroatoms. The van der Waals surface area contributed by atoms with Crippen molar-refractivity contribution in [2.45, 2.75) is 63.4 Å². The highest BCUT2D eigenvalue weighted by molar-refractivity contribution is 5.91. The van der Waals surface area contributed by atoms with E-state index in [1.807, 2.05) is 0 Å². The van der Waals surface area contributed by atoms with Gasteiger partial charge in [0.15, 0.2) is 5.78 Å². The quantitative estimate of drug-likeness (QED) is 0.737. The first-order valence-corrected chi connectivity index (χ1v) is 6.58. The van der Waals surface area contributed by atoms with Gasteiger partial charge in [-0.3, -0.25) is 4.79 Å². The first-order chi connectivity index (χ1) is 7.62. The van der Waals surface area contributed by atoms with E-state index in [4.69, 9.17) is 0 Å². The second kappa shape index (κ2) is 3.43. The summed E-state index contributed by atoms with van der Waals surface area (Å²) in [6.07, 6.45) is 11.3. The maximum atomic E-state index is 11.4. The molecule has 0 aromatic heterocycles. The minimum atomic E-state index is -0.611. The van der Waals surface area contributed by atoms with E-state index in [2.05, 4.69) is 0 Å². The Morgan fingerprint density at radius 3 is 2.38 bits per heavy atom. The Kier molecular flexibility index (Phi) is 2.25. The van der Waals surface area contributed by atoms with Crippen molar-refractivity contribution < 1.29 is 9.90 Å². The van der Waals surface area contributed by atoms with Gasteiger partial charge in [0.05, 0.1) is 5.60 Å². The molecular weight excluding hydrogens is 200 g/mol. The molecule has 88 valence electrons.